The van der Waals surface area contributed by atoms with E-state index in [-0.39, 0.29) is 0 Å². The van der Waals surface area contributed by atoms with E-state index < -0.39 is 0 Å². The Morgan fingerprint density at radius 2 is 2.05 bits per heavy atom. The smallest absolute Gasteiger partial charge is 0.224 e. The fourth-order valence-electron chi connectivity index (χ4n) is 2.03. The van der Waals surface area contributed by atoms with Crippen molar-refractivity contribution in [1.29, 1.82) is 0 Å². The molecule has 0 unspecified atom stereocenters. The van der Waals surface area contributed by atoms with Crippen molar-refractivity contribution in [3.63, 3.8) is 0 Å². The molecule has 2 aromatic heterocycles. The van der Waals surface area contributed by atoms with Crippen LogP contribution in [0.1, 0.15) is 12.5 Å². The monoisotopic (exact) mass is 253 g/mol. The van der Waals surface area contributed by atoms with Crippen molar-refractivity contribution in [2.75, 3.05) is 11.9 Å². The van der Waals surface area contributed by atoms with E-state index in [1.807, 2.05) is 55.2 Å². The van der Waals surface area contributed by atoms with Crippen LogP contribution in [0.15, 0.2) is 36.7 Å². The van der Waals surface area contributed by atoms with E-state index in [0.29, 0.717) is 5.95 Å². The molecule has 0 amide bonds. The van der Waals surface area contributed by atoms with E-state index in [1.165, 1.54) is 0 Å². The van der Waals surface area contributed by atoms with E-state index in [0.717, 1.165) is 28.8 Å². The van der Waals surface area contributed by atoms with Gasteiger partial charge in [-0.2, -0.15) is 10.1 Å². The molecule has 0 aliphatic heterocycles. The summed E-state index contributed by atoms with van der Waals surface area (Å²) in [4.78, 5) is 8.79. The number of anilines is 1. The van der Waals surface area contributed by atoms with Gasteiger partial charge in [-0.15, -0.1) is 0 Å². The van der Waals surface area contributed by atoms with Gasteiger partial charge in [0.25, 0.3) is 0 Å². The minimum Gasteiger partial charge on any atom is -0.354 e. The number of benzene rings is 1. The maximum absolute atomic E-state index is 4.53. The van der Waals surface area contributed by atoms with Gasteiger partial charge in [0.1, 0.15) is 0 Å². The molecule has 0 aliphatic rings. The molecule has 0 atom stereocenters. The standard InChI is InChI=1S/C14H15N5/c1-3-15-14-16-8-10(2)13(18-14)19-12-7-5-4-6-11(12)9-17-19/h4-9H,3H2,1-2H3,(H,15,16,18). The molecule has 2 heterocycles. The van der Waals surface area contributed by atoms with Gasteiger partial charge in [-0.25, -0.2) is 9.67 Å². The maximum Gasteiger partial charge on any atom is 0.224 e. The lowest BCUT2D eigenvalue weighted by Gasteiger charge is -2.08. The van der Waals surface area contributed by atoms with E-state index in [2.05, 4.69) is 20.4 Å². The Morgan fingerprint density at radius 3 is 2.89 bits per heavy atom. The van der Waals surface area contributed by atoms with Crippen LogP contribution in [0.5, 0.6) is 0 Å². The summed E-state index contributed by atoms with van der Waals surface area (Å²) in [6, 6.07) is 8.09. The van der Waals surface area contributed by atoms with Gasteiger partial charge < -0.3 is 5.32 Å². The highest BCUT2D eigenvalue weighted by molar-refractivity contribution is 5.80. The van der Waals surface area contributed by atoms with Crippen LogP contribution in [0.25, 0.3) is 16.7 Å². The van der Waals surface area contributed by atoms with Crippen molar-refractivity contribution >= 4 is 16.9 Å². The number of nitrogens with one attached hydrogen (secondary N) is 1. The maximum atomic E-state index is 4.53. The van der Waals surface area contributed by atoms with Crippen LogP contribution in [0, 0.1) is 6.92 Å². The molecule has 3 rings (SSSR count). The minimum absolute atomic E-state index is 0.627. The molecule has 0 radical (unpaired) electrons. The molecule has 0 saturated carbocycles. The second kappa shape index (κ2) is 4.68. The van der Waals surface area contributed by atoms with Crippen molar-refractivity contribution < 1.29 is 0 Å². The van der Waals surface area contributed by atoms with Crippen LogP contribution in [0.2, 0.25) is 0 Å². The highest BCUT2D eigenvalue weighted by Crippen LogP contribution is 2.19. The fourth-order valence-corrected chi connectivity index (χ4v) is 2.03. The topological polar surface area (TPSA) is 55.6 Å². The van der Waals surface area contributed by atoms with Crippen LogP contribution in [0.4, 0.5) is 5.95 Å². The summed E-state index contributed by atoms with van der Waals surface area (Å²) in [5, 5.41) is 8.65. The third kappa shape index (κ3) is 2.03. The summed E-state index contributed by atoms with van der Waals surface area (Å²) >= 11 is 0. The fraction of sp³-hybridized carbons (Fsp3) is 0.214. The lowest BCUT2D eigenvalue weighted by atomic mass is 10.2. The van der Waals surface area contributed by atoms with Gasteiger partial charge in [0.05, 0.1) is 11.7 Å². The Labute approximate surface area is 111 Å². The van der Waals surface area contributed by atoms with Crippen LogP contribution in [-0.4, -0.2) is 26.3 Å². The highest BCUT2D eigenvalue weighted by Gasteiger charge is 2.09. The second-order valence-electron chi connectivity index (χ2n) is 4.35. The number of nitrogens with zero attached hydrogens (tertiary/aromatic N) is 4. The Morgan fingerprint density at radius 1 is 1.21 bits per heavy atom. The highest BCUT2D eigenvalue weighted by atomic mass is 15.3. The molecule has 0 saturated heterocycles. The first-order valence-electron chi connectivity index (χ1n) is 6.30. The van der Waals surface area contributed by atoms with Crippen molar-refractivity contribution in [2.24, 2.45) is 0 Å². The number of hydrogen-bond donors (Lipinski definition) is 1. The molecule has 1 aromatic carbocycles. The Bertz CT molecular complexity index is 717. The summed E-state index contributed by atoms with van der Waals surface area (Å²) < 4.78 is 1.85. The number of aromatic nitrogens is 4. The van der Waals surface area contributed by atoms with Gasteiger partial charge in [-0.1, -0.05) is 18.2 Å². The first kappa shape index (κ1) is 11.6. The molecule has 0 bridgehead atoms. The van der Waals surface area contributed by atoms with Crippen LogP contribution in [-0.2, 0) is 0 Å². The van der Waals surface area contributed by atoms with Crippen LogP contribution in [0.3, 0.4) is 0 Å². The molecular weight excluding hydrogens is 238 g/mol. The van der Waals surface area contributed by atoms with Gasteiger partial charge in [-0.3, -0.25) is 0 Å². The Hall–Kier alpha value is -2.43. The number of fused-ring (bicyclic) bond motifs is 1. The molecule has 0 fully saturated rings. The molecule has 0 spiro atoms. The normalized spacial score (nSPS) is 10.8. The van der Waals surface area contributed by atoms with Gasteiger partial charge in [0, 0.05) is 23.7 Å². The van der Waals surface area contributed by atoms with Gasteiger partial charge >= 0.3 is 0 Å². The summed E-state index contributed by atoms with van der Waals surface area (Å²) in [5.74, 6) is 1.44. The molecule has 1 N–H and O–H groups in total. The van der Waals surface area contributed by atoms with Crippen molar-refractivity contribution in [2.45, 2.75) is 13.8 Å². The number of aryl methyl sites for hydroxylation is 1. The number of para-hydroxylation sites is 1. The summed E-state index contributed by atoms with van der Waals surface area (Å²) in [6.45, 7) is 4.80. The van der Waals surface area contributed by atoms with Gasteiger partial charge in [-0.05, 0) is 19.9 Å². The molecule has 5 nitrogen and oxygen atoms in total. The molecule has 0 aliphatic carbocycles. The molecule has 5 heteroatoms. The average Bonchev–Trinajstić information content (AvgIpc) is 2.85. The summed E-state index contributed by atoms with van der Waals surface area (Å²) in [7, 11) is 0. The number of hydrogen-bond acceptors (Lipinski definition) is 4. The SMILES string of the molecule is CCNc1ncc(C)c(-n2ncc3ccccc32)n1. The van der Waals surface area contributed by atoms with Crippen LogP contribution >= 0.6 is 0 Å². The predicted octanol–water partition coefficient (Wildman–Crippen LogP) is 2.56. The third-order valence-corrected chi connectivity index (χ3v) is 2.96. The van der Waals surface area contributed by atoms with E-state index in [1.54, 1.807) is 0 Å². The Balaban J connectivity index is 2.17. The average molecular weight is 253 g/mol. The molecule has 19 heavy (non-hydrogen) atoms. The zero-order valence-electron chi connectivity index (χ0n) is 11.0. The Kier molecular flexibility index (Phi) is 2.87. The van der Waals surface area contributed by atoms with Gasteiger partial charge in [0.2, 0.25) is 5.95 Å². The molecule has 96 valence electrons. The minimum atomic E-state index is 0.627. The largest absolute Gasteiger partial charge is 0.354 e. The second-order valence-corrected chi connectivity index (χ2v) is 4.35. The molecular formula is C14H15N5. The van der Waals surface area contributed by atoms with E-state index in [9.17, 15) is 0 Å². The lowest BCUT2D eigenvalue weighted by Crippen LogP contribution is -2.08. The quantitative estimate of drug-likeness (QED) is 0.779. The van der Waals surface area contributed by atoms with Crippen molar-refractivity contribution in [3.8, 4) is 5.82 Å². The van der Waals surface area contributed by atoms with Crippen LogP contribution < -0.4 is 5.32 Å². The lowest BCUT2D eigenvalue weighted by molar-refractivity contribution is 0.854. The predicted molar refractivity (Wildman–Crippen MR) is 75.6 cm³/mol. The van der Waals surface area contributed by atoms with Crippen molar-refractivity contribution in [1.82, 2.24) is 19.7 Å². The summed E-state index contributed by atoms with van der Waals surface area (Å²) in [5.41, 5.74) is 2.04. The van der Waals surface area contributed by atoms with E-state index >= 15 is 0 Å². The summed E-state index contributed by atoms with van der Waals surface area (Å²) in [6.07, 6.45) is 3.67. The zero-order valence-corrected chi connectivity index (χ0v) is 11.0. The molecule has 3 aromatic rings. The van der Waals surface area contributed by atoms with E-state index in [4.69, 9.17) is 0 Å². The third-order valence-electron chi connectivity index (χ3n) is 2.96. The zero-order chi connectivity index (χ0) is 13.2. The van der Waals surface area contributed by atoms with Crippen molar-refractivity contribution in [3.05, 3.63) is 42.2 Å². The number of rotatable bonds is 3. The van der Waals surface area contributed by atoms with Gasteiger partial charge in [0.15, 0.2) is 5.82 Å². The first-order valence-corrected chi connectivity index (χ1v) is 6.30. The first-order chi connectivity index (χ1) is 9.29.